The summed E-state index contributed by atoms with van der Waals surface area (Å²) in [4.78, 5) is 12.9. The number of hydrogen-bond donors (Lipinski definition) is 6. The highest BCUT2D eigenvalue weighted by molar-refractivity contribution is 5.76. The minimum atomic E-state index is -1.57. The van der Waals surface area contributed by atoms with Crippen molar-refractivity contribution in [3.63, 3.8) is 0 Å². The van der Waals surface area contributed by atoms with Crippen molar-refractivity contribution in [1.82, 2.24) is 5.32 Å². The fraction of sp³-hybridized carbons (Fsp3) is 0.870. The molecule has 1 amide bonds. The SMILES string of the molecule is CCCCCCCCCCCCCCCCCCCC/C=C/CC/C=C/CC/C=C/C(O)C(COC1OC(CO)C(O)C(O)C1O)NC(=O)CCCCCCCCCCCCCC. The summed E-state index contributed by atoms with van der Waals surface area (Å²) in [5.74, 6) is -0.190. The van der Waals surface area contributed by atoms with Gasteiger partial charge in [-0.25, -0.2) is 0 Å². The Morgan fingerprint density at radius 2 is 0.905 bits per heavy atom. The molecule has 0 aromatic rings. The van der Waals surface area contributed by atoms with Gasteiger partial charge in [0, 0.05) is 6.42 Å². The first-order valence-electron chi connectivity index (χ1n) is 26.7. The van der Waals surface area contributed by atoms with Crippen molar-refractivity contribution in [3.05, 3.63) is 36.5 Å². The van der Waals surface area contributed by atoms with Crippen molar-refractivity contribution in [2.45, 2.75) is 288 Å². The maximum absolute atomic E-state index is 12.9. The molecule has 0 aromatic heterocycles. The van der Waals surface area contributed by atoms with E-state index >= 15 is 0 Å². The van der Waals surface area contributed by atoms with Crippen LogP contribution in [0.5, 0.6) is 0 Å². The predicted octanol–water partition coefficient (Wildman–Crippen LogP) is 12.4. The van der Waals surface area contributed by atoms with Crippen LogP contribution in [-0.4, -0.2) is 87.5 Å². The van der Waals surface area contributed by atoms with Crippen molar-refractivity contribution in [1.29, 1.82) is 0 Å². The second-order valence-corrected chi connectivity index (χ2v) is 18.7. The Bertz CT molecular complexity index is 1080. The van der Waals surface area contributed by atoms with E-state index in [-0.39, 0.29) is 12.5 Å². The molecule has 1 aliphatic heterocycles. The molecule has 1 fully saturated rings. The fourth-order valence-corrected chi connectivity index (χ4v) is 8.42. The Balaban J connectivity index is 2.25. The predicted molar refractivity (Wildman–Crippen MR) is 263 cm³/mol. The highest BCUT2D eigenvalue weighted by Gasteiger charge is 2.44. The van der Waals surface area contributed by atoms with Crippen LogP contribution < -0.4 is 5.32 Å². The second kappa shape index (κ2) is 44.3. The molecule has 6 N–H and O–H groups in total. The second-order valence-electron chi connectivity index (χ2n) is 18.7. The van der Waals surface area contributed by atoms with Gasteiger partial charge in [-0.1, -0.05) is 230 Å². The molecule has 370 valence electrons. The minimum Gasteiger partial charge on any atom is -0.394 e. The van der Waals surface area contributed by atoms with E-state index in [1.807, 2.05) is 6.08 Å². The van der Waals surface area contributed by atoms with Gasteiger partial charge in [-0.3, -0.25) is 4.79 Å². The van der Waals surface area contributed by atoms with Crippen molar-refractivity contribution < 1.29 is 39.8 Å². The zero-order chi connectivity index (χ0) is 45.9. The number of aliphatic hydroxyl groups is 5. The molecule has 0 spiro atoms. The van der Waals surface area contributed by atoms with Gasteiger partial charge in [0.05, 0.1) is 25.4 Å². The average molecular weight is 892 g/mol. The molecule has 7 atom stereocenters. The van der Waals surface area contributed by atoms with E-state index in [4.69, 9.17) is 9.47 Å². The lowest BCUT2D eigenvalue weighted by Gasteiger charge is -2.40. The molecule has 63 heavy (non-hydrogen) atoms. The summed E-state index contributed by atoms with van der Waals surface area (Å²) in [6, 6.07) is -0.824. The van der Waals surface area contributed by atoms with Crippen LogP contribution in [0.4, 0.5) is 0 Å². The molecular weight excluding hydrogens is 791 g/mol. The molecule has 0 aromatic carbocycles. The first-order chi connectivity index (χ1) is 30.8. The molecule has 1 aliphatic rings. The van der Waals surface area contributed by atoms with Gasteiger partial charge in [-0.05, 0) is 44.9 Å². The third-order valence-corrected chi connectivity index (χ3v) is 12.7. The Morgan fingerprint density at radius 3 is 1.33 bits per heavy atom. The van der Waals surface area contributed by atoms with Crippen LogP contribution in [0, 0.1) is 0 Å². The summed E-state index contributed by atoms with van der Waals surface area (Å²) in [5.41, 5.74) is 0. The molecule has 9 heteroatoms. The normalized spacial score (nSPS) is 20.4. The van der Waals surface area contributed by atoms with Crippen molar-refractivity contribution in [2.75, 3.05) is 13.2 Å². The van der Waals surface area contributed by atoms with E-state index in [1.165, 1.54) is 180 Å². The van der Waals surface area contributed by atoms with Gasteiger partial charge in [0.25, 0.3) is 0 Å². The lowest BCUT2D eigenvalue weighted by Crippen LogP contribution is -2.60. The maximum Gasteiger partial charge on any atom is 0.220 e. The van der Waals surface area contributed by atoms with Crippen LogP contribution in [0.2, 0.25) is 0 Å². The molecule has 9 nitrogen and oxygen atoms in total. The summed E-state index contributed by atoms with van der Waals surface area (Å²) in [6.07, 6.45) is 49.3. The molecule has 0 radical (unpaired) electrons. The molecule has 1 heterocycles. The number of carbonyl (C=O) groups is 1. The smallest absolute Gasteiger partial charge is 0.220 e. The number of unbranched alkanes of at least 4 members (excludes halogenated alkanes) is 31. The number of hydrogen-bond acceptors (Lipinski definition) is 8. The Morgan fingerprint density at radius 1 is 0.524 bits per heavy atom. The van der Waals surface area contributed by atoms with E-state index in [1.54, 1.807) is 6.08 Å². The first-order valence-corrected chi connectivity index (χ1v) is 26.7. The van der Waals surface area contributed by atoms with Gasteiger partial charge < -0.3 is 40.3 Å². The molecule has 7 unspecified atom stereocenters. The first kappa shape index (κ1) is 59.4. The standard InChI is InChI=1S/C54H101NO8/c1-3-5-7-9-11-13-15-17-18-19-20-21-22-23-24-25-26-27-28-29-30-31-32-33-35-37-39-41-43-48(57)47(46-62-54-53(61)52(60)51(59)49(45-56)63-54)55-50(58)44-42-40-38-36-34-16-14-12-10-8-6-4-2/h29-30,33,35,41,43,47-49,51-54,56-57,59-61H,3-28,31-32,34,36-40,42,44-46H2,1-2H3,(H,55,58)/b30-29+,35-33+,43-41+. The third kappa shape index (κ3) is 34.4. The lowest BCUT2D eigenvalue weighted by molar-refractivity contribution is -0.302. The zero-order valence-electron chi connectivity index (χ0n) is 40.8. The fourth-order valence-electron chi connectivity index (χ4n) is 8.42. The molecule has 1 saturated heterocycles. The van der Waals surface area contributed by atoms with Crippen molar-refractivity contribution in [2.24, 2.45) is 0 Å². The number of carbonyl (C=O) groups excluding carboxylic acids is 1. The van der Waals surface area contributed by atoms with Crippen LogP contribution in [-0.2, 0) is 14.3 Å². The van der Waals surface area contributed by atoms with Crippen LogP contribution in [0.25, 0.3) is 0 Å². The van der Waals surface area contributed by atoms with E-state index in [0.29, 0.717) is 6.42 Å². The highest BCUT2D eigenvalue weighted by Crippen LogP contribution is 2.23. The largest absolute Gasteiger partial charge is 0.394 e. The van der Waals surface area contributed by atoms with Crippen molar-refractivity contribution in [3.8, 4) is 0 Å². The number of nitrogens with one attached hydrogen (secondary N) is 1. The number of aliphatic hydroxyl groups excluding tert-OH is 5. The molecule has 1 rings (SSSR count). The van der Waals surface area contributed by atoms with Crippen LogP contribution in [0.1, 0.15) is 245 Å². The topological polar surface area (TPSA) is 149 Å². The van der Waals surface area contributed by atoms with Gasteiger partial charge in [-0.2, -0.15) is 0 Å². The molecule has 0 aliphatic carbocycles. The van der Waals surface area contributed by atoms with Gasteiger partial charge in [-0.15, -0.1) is 0 Å². The quantitative estimate of drug-likeness (QED) is 0.0261. The van der Waals surface area contributed by atoms with E-state index < -0.39 is 49.5 Å². The van der Waals surface area contributed by atoms with E-state index in [2.05, 4.69) is 43.5 Å². The molecule has 0 saturated carbocycles. The summed E-state index contributed by atoms with van der Waals surface area (Å²) in [6.45, 7) is 3.76. The number of ether oxygens (including phenoxy) is 2. The molecule has 0 bridgehead atoms. The highest BCUT2D eigenvalue weighted by atomic mass is 16.7. The Kier molecular flexibility index (Phi) is 41.7. The Hall–Kier alpha value is -1.59. The van der Waals surface area contributed by atoms with Crippen LogP contribution in [0.15, 0.2) is 36.5 Å². The summed E-state index contributed by atoms with van der Waals surface area (Å²) < 4.78 is 11.2. The minimum absolute atomic E-state index is 0.190. The zero-order valence-corrected chi connectivity index (χ0v) is 40.8. The Labute approximate surface area is 387 Å². The van der Waals surface area contributed by atoms with Gasteiger partial charge >= 0.3 is 0 Å². The van der Waals surface area contributed by atoms with Gasteiger partial charge in [0.15, 0.2) is 6.29 Å². The number of amides is 1. The van der Waals surface area contributed by atoms with Gasteiger partial charge in [0.1, 0.15) is 24.4 Å². The number of rotatable bonds is 45. The van der Waals surface area contributed by atoms with Crippen LogP contribution in [0.3, 0.4) is 0 Å². The summed E-state index contributed by atoms with van der Waals surface area (Å²) in [5, 5.41) is 54.3. The monoisotopic (exact) mass is 892 g/mol. The number of allylic oxidation sites excluding steroid dienone is 5. The van der Waals surface area contributed by atoms with Crippen LogP contribution >= 0.6 is 0 Å². The summed E-state index contributed by atoms with van der Waals surface area (Å²) >= 11 is 0. The average Bonchev–Trinajstić information content (AvgIpc) is 3.28. The molecular formula is C54H101NO8. The maximum atomic E-state index is 12.9. The lowest BCUT2D eigenvalue weighted by atomic mass is 9.99. The van der Waals surface area contributed by atoms with Gasteiger partial charge in [0.2, 0.25) is 5.91 Å². The van der Waals surface area contributed by atoms with E-state index in [9.17, 15) is 30.3 Å². The van der Waals surface area contributed by atoms with E-state index in [0.717, 1.165) is 44.9 Å². The van der Waals surface area contributed by atoms with Crippen molar-refractivity contribution >= 4 is 5.91 Å². The summed E-state index contributed by atoms with van der Waals surface area (Å²) in [7, 11) is 0. The third-order valence-electron chi connectivity index (χ3n) is 12.7.